The van der Waals surface area contributed by atoms with E-state index in [1.54, 1.807) is 32.0 Å². The molecule has 0 spiro atoms. The minimum Gasteiger partial charge on any atom is -0.462 e. The third-order valence-electron chi connectivity index (χ3n) is 5.86. The third kappa shape index (κ3) is 6.42. The maximum absolute atomic E-state index is 16.1. The number of hydrogen-bond donors (Lipinski definition) is 4. The second-order valence-corrected chi connectivity index (χ2v) is 10.9. The number of ether oxygens (including phenoxy) is 2. The summed E-state index contributed by atoms with van der Waals surface area (Å²) in [7, 11) is -4.50. The van der Waals surface area contributed by atoms with E-state index in [1.807, 2.05) is 0 Å². The van der Waals surface area contributed by atoms with Crippen LogP contribution in [0.3, 0.4) is 0 Å². The van der Waals surface area contributed by atoms with Gasteiger partial charge in [0.25, 0.3) is 11.8 Å². The summed E-state index contributed by atoms with van der Waals surface area (Å²) in [6.07, 6.45) is -2.02. The molecule has 0 bridgehead atoms. The predicted molar refractivity (Wildman–Crippen MR) is 133 cm³/mol. The van der Waals surface area contributed by atoms with Crippen LogP contribution in [0.5, 0.6) is 5.75 Å². The van der Waals surface area contributed by atoms with Gasteiger partial charge >= 0.3 is 13.7 Å². The molecule has 0 aliphatic carbocycles. The molecule has 1 fully saturated rings. The average molecular weight is 558 g/mol. The van der Waals surface area contributed by atoms with Gasteiger partial charge in [0.15, 0.2) is 6.23 Å². The summed E-state index contributed by atoms with van der Waals surface area (Å²) in [6, 6.07) is 6.62. The van der Waals surface area contributed by atoms with Gasteiger partial charge in [-0.3, -0.25) is 14.1 Å². The Kier molecular flexibility index (Phi) is 9.02. The summed E-state index contributed by atoms with van der Waals surface area (Å²) in [5, 5.41) is 26.8. The van der Waals surface area contributed by atoms with Gasteiger partial charge < -0.3 is 34.4 Å². The molecule has 1 aromatic carbocycles. The van der Waals surface area contributed by atoms with Crippen molar-refractivity contribution in [1.29, 1.82) is 0 Å². The van der Waals surface area contributed by atoms with Crippen LogP contribution in [0.15, 0.2) is 55.0 Å². The number of halogens is 1. The number of aliphatic hydroxyl groups is 2. The smallest absolute Gasteiger partial charge is 0.459 e. The van der Waals surface area contributed by atoms with E-state index in [9.17, 15) is 24.4 Å². The number of aliphatic hydroxyl groups excluding tert-OH is 1. The molecule has 1 amide bonds. The van der Waals surface area contributed by atoms with Crippen LogP contribution in [-0.4, -0.2) is 69.5 Å². The molecule has 14 heteroatoms. The normalized spacial score (nSPS) is 29.6. The molecule has 2 aliphatic rings. The Morgan fingerprint density at radius 1 is 1.34 bits per heavy atom. The van der Waals surface area contributed by atoms with E-state index >= 15 is 4.39 Å². The first-order chi connectivity index (χ1) is 17.7. The van der Waals surface area contributed by atoms with Crippen LogP contribution >= 0.6 is 7.75 Å². The first kappa shape index (κ1) is 29.8. The number of alkyl halides is 1. The van der Waals surface area contributed by atoms with Crippen LogP contribution in [0.25, 0.3) is 0 Å². The number of hydrogen-bond acceptors (Lipinski definition) is 10. The van der Waals surface area contributed by atoms with Crippen LogP contribution in [0.1, 0.15) is 34.1 Å². The van der Waals surface area contributed by atoms with Crippen molar-refractivity contribution in [3.63, 3.8) is 0 Å². The molecule has 12 nitrogen and oxygen atoms in total. The zero-order chi connectivity index (χ0) is 28.3. The summed E-state index contributed by atoms with van der Waals surface area (Å²) in [6.45, 7) is 8.61. The molecule has 1 aromatic rings. The van der Waals surface area contributed by atoms with E-state index in [-0.39, 0.29) is 18.0 Å². The quantitative estimate of drug-likeness (QED) is 0.233. The van der Waals surface area contributed by atoms with Crippen molar-refractivity contribution in [2.75, 3.05) is 6.61 Å². The average Bonchev–Trinajstić information content (AvgIpc) is 3.05. The van der Waals surface area contributed by atoms with Gasteiger partial charge in [0, 0.05) is 12.3 Å². The highest BCUT2D eigenvalue weighted by atomic mass is 31.2. The maximum Gasteiger partial charge on any atom is 0.459 e. The molecule has 2 heterocycles. The Morgan fingerprint density at radius 2 is 2.00 bits per heavy atom. The SMILES string of the molecule is C=C1NC(=O)C=CN1[C@@H]1O[C@](F)(COP(=O)(NC(C)C(=O)OC(C)C)Oc2ccccc2)[C@@H](O)[C@]1(O)CC. The first-order valence-electron chi connectivity index (χ1n) is 11.9. The van der Waals surface area contributed by atoms with Crippen molar-refractivity contribution in [3.8, 4) is 5.75 Å². The lowest BCUT2D eigenvalue weighted by molar-refractivity contribution is -0.206. The molecule has 0 aromatic heterocycles. The van der Waals surface area contributed by atoms with Gasteiger partial charge in [0.2, 0.25) is 0 Å². The number of esters is 1. The number of benzene rings is 1. The van der Waals surface area contributed by atoms with E-state index < -0.39 is 62.2 Å². The molecule has 2 unspecified atom stereocenters. The Bertz CT molecular complexity index is 1120. The number of nitrogens with zero attached hydrogens (tertiary/aromatic N) is 1. The summed E-state index contributed by atoms with van der Waals surface area (Å²) < 4.78 is 51.2. The summed E-state index contributed by atoms with van der Waals surface area (Å²) in [5.41, 5.74) is -2.19. The van der Waals surface area contributed by atoms with Gasteiger partial charge in [-0.2, -0.15) is 5.09 Å². The zero-order valence-electron chi connectivity index (χ0n) is 21.5. The highest BCUT2D eigenvalue weighted by molar-refractivity contribution is 7.52. The van der Waals surface area contributed by atoms with Crippen LogP contribution in [0.4, 0.5) is 4.39 Å². The molecule has 0 saturated carbocycles. The number of nitrogens with one attached hydrogen (secondary N) is 2. The summed E-state index contributed by atoms with van der Waals surface area (Å²) in [5.74, 6) is -4.28. The number of carbonyl (C=O) groups excluding carboxylic acids is 2. The second kappa shape index (κ2) is 11.5. The van der Waals surface area contributed by atoms with Crippen molar-refractivity contribution in [2.24, 2.45) is 0 Å². The first-order valence-corrected chi connectivity index (χ1v) is 13.5. The van der Waals surface area contributed by atoms with Gasteiger partial charge in [-0.05, 0) is 39.3 Å². The van der Waals surface area contributed by atoms with E-state index in [2.05, 4.69) is 17.0 Å². The predicted octanol–water partition coefficient (Wildman–Crippen LogP) is 2.06. The molecule has 0 radical (unpaired) electrons. The van der Waals surface area contributed by atoms with E-state index in [1.165, 1.54) is 32.2 Å². The van der Waals surface area contributed by atoms with Crippen molar-refractivity contribution in [3.05, 3.63) is 55.0 Å². The van der Waals surface area contributed by atoms with Gasteiger partial charge in [0.1, 0.15) is 35.9 Å². The lowest BCUT2D eigenvalue weighted by Gasteiger charge is -2.38. The fraction of sp³-hybridized carbons (Fsp3) is 0.500. The largest absolute Gasteiger partial charge is 0.462 e. The van der Waals surface area contributed by atoms with Gasteiger partial charge in [-0.25, -0.2) is 8.96 Å². The number of para-hydroxylation sites is 1. The van der Waals surface area contributed by atoms with Gasteiger partial charge in [0.05, 0.1) is 6.10 Å². The number of carbonyl (C=O) groups is 2. The monoisotopic (exact) mass is 557 g/mol. The lowest BCUT2D eigenvalue weighted by Crippen LogP contribution is -2.56. The molecule has 6 atom stereocenters. The van der Waals surface area contributed by atoms with E-state index in [4.69, 9.17) is 18.5 Å². The lowest BCUT2D eigenvalue weighted by atomic mass is 9.90. The fourth-order valence-electron chi connectivity index (χ4n) is 3.85. The number of amides is 1. The topological polar surface area (TPSA) is 156 Å². The molecule has 4 N–H and O–H groups in total. The molecular weight excluding hydrogens is 524 g/mol. The molecule has 1 saturated heterocycles. The maximum atomic E-state index is 16.1. The van der Waals surface area contributed by atoms with Crippen LogP contribution in [-0.2, 0) is 28.2 Å². The van der Waals surface area contributed by atoms with Crippen molar-refractivity contribution < 1.29 is 47.3 Å². The Morgan fingerprint density at radius 3 is 2.58 bits per heavy atom. The highest BCUT2D eigenvalue weighted by Crippen LogP contribution is 2.49. The van der Waals surface area contributed by atoms with Crippen LogP contribution < -0.4 is 14.9 Å². The van der Waals surface area contributed by atoms with Gasteiger partial charge in [-0.15, -0.1) is 0 Å². The van der Waals surface area contributed by atoms with E-state index in [0.717, 1.165) is 11.0 Å². The Balaban J connectivity index is 1.85. The van der Waals surface area contributed by atoms with Crippen molar-refractivity contribution >= 4 is 19.6 Å². The minimum absolute atomic E-state index is 0.0241. The summed E-state index contributed by atoms with van der Waals surface area (Å²) >= 11 is 0. The minimum atomic E-state index is -4.50. The third-order valence-corrected chi connectivity index (χ3v) is 7.48. The standard InChI is InChI=1S/C24H33FN3O9P/c1-6-23(32)21(31)24(25,36-22(23)28-13-12-19(29)26-17(28)5)14-34-38(33,37-18-10-8-7-9-11-18)27-16(4)20(30)35-15(2)3/h7-13,15-16,21-22,31-32H,5-6,14H2,1-4H3,(H,26,29)(H,27,33)/t16?,21-,22+,23+,24+,38?/m0/s1. The molecule has 38 heavy (non-hydrogen) atoms. The van der Waals surface area contributed by atoms with Gasteiger partial charge in [-0.1, -0.05) is 31.7 Å². The molecule has 3 rings (SSSR count). The molecule has 210 valence electrons. The summed E-state index contributed by atoms with van der Waals surface area (Å²) in [4.78, 5) is 25.1. The van der Waals surface area contributed by atoms with Crippen LogP contribution in [0, 0.1) is 0 Å². The van der Waals surface area contributed by atoms with E-state index in [0.29, 0.717) is 0 Å². The van der Waals surface area contributed by atoms with Crippen LogP contribution in [0.2, 0.25) is 0 Å². The fourth-order valence-corrected chi connectivity index (χ4v) is 5.36. The number of rotatable bonds is 11. The zero-order valence-corrected chi connectivity index (χ0v) is 22.4. The van der Waals surface area contributed by atoms with Crippen molar-refractivity contribution in [2.45, 2.75) is 70.0 Å². The molecular formula is C24H33FN3O9P. The molecule has 2 aliphatic heterocycles. The Hall–Kier alpha value is -2.80. The highest BCUT2D eigenvalue weighted by Gasteiger charge is 2.66. The Labute approximate surface area is 220 Å². The second-order valence-electron chi connectivity index (χ2n) is 9.17. The van der Waals surface area contributed by atoms with Crippen molar-refractivity contribution in [1.82, 2.24) is 15.3 Å².